The van der Waals surface area contributed by atoms with Crippen molar-refractivity contribution >= 4 is 5.97 Å². The molecule has 218 valence electrons. The van der Waals surface area contributed by atoms with Crippen LogP contribution in [0.3, 0.4) is 0 Å². The van der Waals surface area contributed by atoms with Gasteiger partial charge in [0.25, 0.3) is 0 Å². The third-order valence-corrected chi connectivity index (χ3v) is 9.67. The lowest BCUT2D eigenvalue weighted by Gasteiger charge is -2.50. The highest BCUT2D eigenvalue weighted by Gasteiger charge is 2.43. The van der Waals surface area contributed by atoms with Crippen molar-refractivity contribution in [2.75, 3.05) is 13.2 Å². The highest BCUT2D eigenvalue weighted by molar-refractivity contribution is 5.86. The molecule has 8 heteroatoms. The lowest BCUT2D eigenvalue weighted by atomic mass is 9.77. The van der Waals surface area contributed by atoms with Crippen LogP contribution in [0.2, 0.25) is 0 Å². The molecule has 0 radical (unpaired) electrons. The molecule has 0 bridgehead atoms. The molecule has 1 heterocycles. The number of carbonyl (C=O) groups is 1. The van der Waals surface area contributed by atoms with Crippen molar-refractivity contribution < 1.29 is 24.5 Å². The molecule has 6 unspecified atom stereocenters. The van der Waals surface area contributed by atoms with Gasteiger partial charge in [-0.1, -0.05) is 46.1 Å². The fraction of sp³-hybridized carbons (Fsp3) is 0.900. The lowest BCUT2D eigenvalue weighted by Crippen LogP contribution is -2.73. The molecule has 4 aliphatic rings. The van der Waals surface area contributed by atoms with Crippen molar-refractivity contribution in [3.8, 4) is 0 Å². The Labute approximate surface area is 229 Å². The van der Waals surface area contributed by atoms with Crippen LogP contribution in [0.1, 0.15) is 91.4 Å². The number of hydrogen-bond acceptors (Lipinski definition) is 8. The molecule has 8 nitrogen and oxygen atoms in total. The Morgan fingerprint density at radius 3 is 1.87 bits per heavy atom. The van der Waals surface area contributed by atoms with Gasteiger partial charge in [-0.05, 0) is 75.5 Å². The molecule has 0 amide bonds. The Balaban J connectivity index is 1.31. The minimum absolute atomic E-state index is 0.0769. The predicted molar refractivity (Wildman–Crippen MR) is 148 cm³/mol. The van der Waals surface area contributed by atoms with E-state index in [1.807, 2.05) is 0 Å². The lowest BCUT2D eigenvalue weighted by molar-refractivity contribution is -0.144. The van der Waals surface area contributed by atoms with Gasteiger partial charge in [-0.15, -0.1) is 0 Å². The second-order valence-electron chi connectivity index (χ2n) is 13.0. The van der Waals surface area contributed by atoms with Crippen LogP contribution in [0.15, 0.2) is 12.2 Å². The fourth-order valence-electron chi connectivity index (χ4n) is 7.02. The first-order valence-corrected chi connectivity index (χ1v) is 15.3. The molecule has 0 aromatic rings. The molecule has 1 aliphatic heterocycles. The molecule has 3 aliphatic carbocycles. The predicted octanol–water partition coefficient (Wildman–Crippen LogP) is 3.43. The van der Waals surface area contributed by atoms with E-state index in [0.717, 1.165) is 24.7 Å². The summed E-state index contributed by atoms with van der Waals surface area (Å²) in [6.07, 6.45) is 11.7. The van der Waals surface area contributed by atoms with Crippen molar-refractivity contribution in [3.63, 3.8) is 0 Å². The van der Waals surface area contributed by atoms with E-state index in [0.29, 0.717) is 23.8 Å². The van der Waals surface area contributed by atoms with Gasteiger partial charge in [-0.25, -0.2) is 4.79 Å². The number of aliphatic hydroxyl groups excluding tert-OH is 2. The number of hydrogen-bond donors (Lipinski definition) is 5. The average Bonchev–Trinajstić information content (AvgIpc) is 2.91. The van der Waals surface area contributed by atoms with Crippen molar-refractivity contribution in [3.05, 3.63) is 12.2 Å². The maximum absolute atomic E-state index is 11.5. The Bertz CT molecular complexity index is 735. The van der Waals surface area contributed by atoms with Gasteiger partial charge in [0.15, 0.2) is 0 Å². The fourth-order valence-corrected chi connectivity index (χ4v) is 7.02. The summed E-state index contributed by atoms with van der Waals surface area (Å²) in [4.78, 5) is 11.5. The van der Waals surface area contributed by atoms with E-state index >= 15 is 0 Å². The Morgan fingerprint density at radius 1 is 0.842 bits per heavy atom. The molecule has 38 heavy (non-hydrogen) atoms. The molecule has 3 saturated carbocycles. The summed E-state index contributed by atoms with van der Waals surface area (Å²) in [5.41, 5.74) is 0.306. The van der Waals surface area contributed by atoms with Crippen molar-refractivity contribution in [2.24, 2.45) is 29.6 Å². The first kappa shape index (κ1) is 29.9. The summed E-state index contributed by atoms with van der Waals surface area (Å²) in [5, 5.41) is 33.2. The van der Waals surface area contributed by atoms with E-state index in [4.69, 9.17) is 9.47 Å². The van der Waals surface area contributed by atoms with Crippen LogP contribution in [-0.4, -0.2) is 66.2 Å². The van der Waals surface area contributed by atoms with Crippen molar-refractivity contribution in [1.29, 1.82) is 0 Å². The maximum atomic E-state index is 11.5. The molecule has 0 aromatic carbocycles. The first-order valence-electron chi connectivity index (χ1n) is 15.3. The normalized spacial score (nSPS) is 41.3. The van der Waals surface area contributed by atoms with E-state index in [-0.39, 0.29) is 43.7 Å². The van der Waals surface area contributed by atoms with E-state index in [1.54, 1.807) is 6.92 Å². The largest absolute Gasteiger partial charge is 0.460 e. The molecule has 1 saturated heterocycles. The second kappa shape index (κ2) is 14.0. The quantitative estimate of drug-likeness (QED) is 0.226. The standard InChI is InChI=1S/C30H53N3O5/c1-18(2)30(36)38-17-23(34)16-37-24-13-14-25(26(35)15-24)29-32-27(21-9-5-19(3)6-10-21)31-28(33-29)22-11-7-20(4)8-12-22/h19-29,31-35H,1,5-17H2,2-4H3. The minimum atomic E-state index is -0.890. The van der Waals surface area contributed by atoms with E-state index < -0.39 is 18.2 Å². The summed E-state index contributed by atoms with van der Waals surface area (Å²) in [5.74, 6) is 2.54. The molecule has 5 N–H and O–H groups in total. The van der Waals surface area contributed by atoms with Crippen LogP contribution in [-0.2, 0) is 14.3 Å². The van der Waals surface area contributed by atoms with Gasteiger partial charge in [-0.3, -0.25) is 16.0 Å². The average molecular weight is 536 g/mol. The molecular formula is C30H53N3O5. The number of carbonyl (C=O) groups excluding carboxylic acids is 1. The Kier molecular flexibility index (Phi) is 11.1. The zero-order chi connectivity index (χ0) is 27.2. The van der Waals surface area contributed by atoms with Gasteiger partial charge in [0, 0.05) is 11.5 Å². The number of aliphatic hydroxyl groups is 2. The highest BCUT2D eigenvalue weighted by Crippen LogP contribution is 2.36. The molecule has 0 spiro atoms. The second-order valence-corrected chi connectivity index (χ2v) is 13.0. The molecule has 0 aromatic heterocycles. The molecular weight excluding hydrogens is 482 g/mol. The van der Waals surface area contributed by atoms with Crippen LogP contribution in [0.5, 0.6) is 0 Å². The molecule has 6 atom stereocenters. The van der Waals surface area contributed by atoms with Crippen LogP contribution < -0.4 is 16.0 Å². The third-order valence-electron chi connectivity index (χ3n) is 9.67. The monoisotopic (exact) mass is 535 g/mol. The number of ether oxygens (including phenoxy) is 2. The highest BCUT2D eigenvalue weighted by atomic mass is 16.5. The SMILES string of the molecule is C=C(C)C(=O)OCC(O)COC1CCC(C2NC(C3CCC(C)CC3)NC(C3CCC(C)CC3)N2)C(O)C1. The molecule has 4 rings (SSSR count). The van der Waals surface area contributed by atoms with Gasteiger partial charge >= 0.3 is 5.97 Å². The molecule has 4 fully saturated rings. The van der Waals surface area contributed by atoms with Gasteiger partial charge in [-0.2, -0.15) is 0 Å². The van der Waals surface area contributed by atoms with E-state index in [9.17, 15) is 15.0 Å². The van der Waals surface area contributed by atoms with Crippen LogP contribution in [0.4, 0.5) is 0 Å². The van der Waals surface area contributed by atoms with Crippen LogP contribution in [0.25, 0.3) is 0 Å². The van der Waals surface area contributed by atoms with Crippen molar-refractivity contribution in [1.82, 2.24) is 16.0 Å². The van der Waals surface area contributed by atoms with Crippen LogP contribution in [0, 0.1) is 29.6 Å². The topological polar surface area (TPSA) is 112 Å². The van der Waals surface area contributed by atoms with Gasteiger partial charge in [0.05, 0.1) is 37.3 Å². The minimum Gasteiger partial charge on any atom is -0.460 e. The van der Waals surface area contributed by atoms with Crippen LogP contribution >= 0.6 is 0 Å². The first-order chi connectivity index (χ1) is 18.2. The van der Waals surface area contributed by atoms with Gasteiger partial charge in [0.1, 0.15) is 12.7 Å². The Hall–Kier alpha value is -1.03. The zero-order valence-corrected chi connectivity index (χ0v) is 23.9. The van der Waals surface area contributed by atoms with E-state index in [1.165, 1.54) is 51.4 Å². The maximum Gasteiger partial charge on any atom is 0.333 e. The van der Waals surface area contributed by atoms with Gasteiger partial charge in [0.2, 0.25) is 0 Å². The summed E-state index contributed by atoms with van der Waals surface area (Å²) in [6, 6.07) is 0. The zero-order valence-electron chi connectivity index (χ0n) is 23.9. The number of nitrogens with one attached hydrogen (secondary N) is 3. The summed E-state index contributed by atoms with van der Waals surface area (Å²) < 4.78 is 10.9. The van der Waals surface area contributed by atoms with Gasteiger partial charge < -0.3 is 19.7 Å². The number of esters is 1. The smallest absolute Gasteiger partial charge is 0.333 e. The summed E-state index contributed by atoms with van der Waals surface area (Å²) >= 11 is 0. The van der Waals surface area contributed by atoms with E-state index in [2.05, 4.69) is 36.4 Å². The summed E-state index contributed by atoms with van der Waals surface area (Å²) in [7, 11) is 0. The third kappa shape index (κ3) is 8.24. The summed E-state index contributed by atoms with van der Waals surface area (Å²) in [6.45, 7) is 9.84. The number of rotatable bonds is 9. The van der Waals surface area contributed by atoms with Crippen molar-refractivity contribution in [2.45, 2.75) is 128 Å². The Morgan fingerprint density at radius 2 is 1.37 bits per heavy atom.